The molecular weight excluding hydrogens is 362 g/mol. The largest absolute Gasteiger partial charge is 0.472 e. The molecule has 0 aliphatic carbocycles. The fraction of sp³-hybridized carbons (Fsp3) is 0.348. The Morgan fingerprint density at radius 1 is 1.10 bits per heavy atom. The number of likely N-dealkylation sites (tertiary alicyclic amines) is 1. The van der Waals surface area contributed by atoms with E-state index in [1.807, 2.05) is 25.1 Å². The molecule has 6 heteroatoms. The molecule has 3 aromatic rings. The normalized spacial score (nSPS) is 19.2. The number of rotatable bonds is 5. The van der Waals surface area contributed by atoms with Crippen molar-refractivity contribution in [2.45, 2.75) is 45.8 Å². The Labute approximate surface area is 171 Å². The number of pyridine rings is 1. The molecule has 1 saturated heterocycles. The van der Waals surface area contributed by atoms with E-state index in [4.69, 9.17) is 4.74 Å². The van der Waals surface area contributed by atoms with Gasteiger partial charge in [-0.3, -0.25) is 0 Å². The standard InChI is InChI=1S/C23H27N5O/c1-16-8-11-22(28-24-12-13-25-28)21(14-16)19(4)27-15-20(10-9-18(27)3)29-23-7-5-6-17(2)26-23/h5-8,11-14,18,20H,4,9-10,15H2,1-3H3/t18-,20-/m1/s1. The van der Waals surface area contributed by atoms with Crippen LogP contribution >= 0.6 is 0 Å². The second-order valence-electron chi connectivity index (χ2n) is 7.72. The molecule has 1 aromatic carbocycles. The first-order chi connectivity index (χ1) is 14.0. The van der Waals surface area contributed by atoms with Crippen molar-refractivity contribution in [3.05, 3.63) is 72.2 Å². The van der Waals surface area contributed by atoms with Gasteiger partial charge in [0, 0.05) is 29.1 Å². The van der Waals surface area contributed by atoms with Crippen molar-refractivity contribution in [1.82, 2.24) is 24.9 Å². The van der Waals surface area contributed by atoms with Gasteiger partial charge < -0.3 is 9.64 Å². The number of ether oxygens (including phenoxy) is 1. The molecule has 3 heterocycles. The predicted molar refractivity (Wildman–Crippen MR) is 114 cm³/mol. The molecule has 0 bridgehead atoms. The zero-order chi connectivity index (χ0) is 20.4. The van der Waals surface area contributed by atoms with E-state index in [1.165, 1.54) is 5.56 Å². The molecule has 1 fully saturated rings. The molecule has 150 valence electrons. The van der Waals surface area contributed by atoms with Crippen LogP contribution in [-0.4, -0.2) is 43.6 Å². The average Bonchev–Trinajstić information content (AvgIpc) is 3.23. The van der Waals surface area contributed by atoms with Crippen molar-refractivity contribution in [3.63, 3.8) is 0 Å². The molecule has 29 heavy (non-hydrogen) atoms. The van der Waals surface area contributed by atoms with Gasteiger partial charge in [-0.15, -0.1) is 0 Å². The molecule has 1 aliphatic rings. The summed E-state index contributed by atoms with van der Waals surface area (Å²) in [6.07, 6.45) is 5.50. The van der Waals surface area contributed by atoms with Crippen molar-refractivity contribution in [3.8, 4) is 11.6 Å². The highest BCUT2D eigenvalue weighted by Gasteiger charge is 2.29. The van der Waals surface area contributed by atoms with E-state index >= 15 is 0 Å². The minimum atomic E-state index is 0.0772. The van der Waals surface area contributed by atoms with Gasteiger partial charge in [0.15, 0.2) is 0 Å². The summed E-state index contributed by atoms with van der Waals surface area (Å²) in [6, 6.07) is 12.5. The molecule has 2 aromatic heterocycles. The van der Waals surface area contributed by atoms with Crippen LogP contribution in [0, 0.1) is 13.8 Å². The first kappa shape index (κ1) is 19.2. The molecule has 1 aliphatic heterocycles. The lowest BCUT2D eigenvalue weighted by Gasteiger charge is -2.40. The van der Waals surface area contributed by atoms with Gasteiger partial charge >= 0.3 is 0 Å². The minimum Gasteiger partial charge on any atom is -0.472 e. The molecule has 0 amide bonds. The molecular formula is C23H27N5O. The quantitative estimate of drug-likeness (QED) is 0.655. The minimum absolute atomic E-state index is 0.0772. The van der Waals surface area contributed by atoms with E-state index in [0.29, 0.717) is 11.9 Å². The van der Waals surface area contributed by atoms with Crippen LogP contribution in [0.25, 0.3) is 11.4 Å². The molecule has 0 radical (unpaired) electrons. The summed E-state index contributed by atoms with van der Waals surface area (Å²) in [6.45, 7) is 11.5. The van der Waals surface area contributed by atoms with Crippen molar-refractivity contribution < 1.29 is 4.74 Å². The summed E-state index contributed by atoms with van der Waals surface area (Å²) >= 11 is 0. The van der Waals surface area contributed by atoms with Gasteiger partial charge in [0.2, 0.25) is 5.88 Å². The van der Waals surface area contributed by atoms with Gasteiger partial charge in [0.05, 0.1) is 24.6 Å². The Morgan fingerprint density at radius 3 is 2.66 bits per heavy atom. The topological polar surface area (TPSA) is 56.1 Å². The van der Waals surface area contributed by atoms with Crippen LogP contribution in [0.4, 0.5) is 0 Å². The van der Waals surface area contributed by atoms with E-state index in [-0.39, 0.29) is 6.10 Å². The van der Waals surface area contributed by atoms with Crippen LogP contribution in [0.15, 0.2) is 55.4 Å². The maximum Gasteiger partial charge on any atom is 0.213 e. The molecule has 0 spiro atoms. The van der Waals surface area contributed by atoms with Crippen molar-refractivity contribution >= 4 is 5.70 Å². The van der Waals surface area contributed by atoms with Crippen molar-refractivity contribution in [2.24, 2.45) is 0 Å². The van der Waals surface area contributed by atoms with Gasteiger partial charge in [0.1, 0.15) is 6.10 Å². The summed E-state index contributed by atoms with van der Waals surface area (Å²) in [5, 5.41) is 8.63. The summed E-state index contributed by atoms with van der Waals surface area (Å²) in [4.78, 5) is 8.48. The van der Waals surface area contributed by atoms with Crippen LogP contribution in [0.1, 0.15) is 36.6 Å². The molecule has 2 atom stereocenters. The third kappa shape index (κ3) is 4.16. The Morgan fingerprint density at radius 2 is 1.90 bits per heavy atom. The summed E-state index contributed by atoms with van der Waals surface area (Å²) in [7, 11) is 0. The molecule has 0 unspecified atom stereocenters. The van der Waals surface area contributed by atoms with E-state index in [9.17, 15) is 0 Å². The summed E-state index contributed by atoms with van der Waals surface area (Å²) in [5.74, 6) is 0.687. The third-order valence-electron chi connectivity index (χ3n) is 5.43. The zero-order valence-electron chi connectivity index (χ0n) is 17.2. The Bertz CT molecular complexity index is 998. The number of hydrogen-bond donors (Lipinski definition) is 0. The van der Waals surface area contributed by atoms with Crippen molar-refractivity contribution in [1.29, 1.82) is 0 Å². The Hall–Kier alpha value is -3.15. The maximum absolute atomic E-state index is 6.20. The summed E-state index contributed by atoms with van der Waals surface area (Å²) in [5.41, 5.74) is 5.09. The van der Waals surface area contributed by atoms with Gasteiger partial charge in [-0.1, -0.05) is 24.3 Å². The lowest BCUT2D eigenvalue weighted by molar-refractivity contribution is 0.0889. The first-order valence-corrected chi connectivity index (χ1v) is 10.0. The number of nitrogens with zero attached hydrogens (tertiary/aromatic N) is 5. The highest BCUT2D eigenvalue weighted by atomic mass is 16.5. The van der Waals surface area contributed by atoms with Gasteiger partial charge in [-0.2, -0.15) is 15.0 Å². The van der Waals surface area contributed by atoms with Gasteiger partial charge in [0.25, 0.3) is 0 Å². The molecule has 4 rings (SSSR count). The molecule has 0 saturated carbocycles. The van der Waals surface area contributed by atoms with Crippen LogP contribution in [0.5, 0.6) is 5.88 Å². The van der Waals surface area contributed by atoms with Gasteiger partial charge in [-0.25, -0.2) is 4.98 Å². The number of aryl methyl sites for hydroxylation is 2. The third-order valence-corrected chi connectivity index (χ3v) is 5.43. The van der Waals surface area contributed by atoms with Crippen LogP contribution in [0.2, 0.25) is 0 Å². The fourth-order valence-electron chi connectivity index (χ4n) is 3.85. The predicted octanol–water partition coefficient (Wildman–Crippen LogP) is 4.18. The van der Waals surface area contributed by atoms with E-state index in [2.05, 4.69) is 58.7 Å². The summed E-state index contributed by atoms with van der Waals surface area (Å²) < 4.78 is 6.20. The van der Waals surface area contributed by atoms with E-state index in [0.717, 1.165) is 42.0 Å². The van der Waals surface area contributed by atoms with E-state index < -0.39 is 0 Å². The Balaban J connectivity index is 1.58. The number of benzene rings is 1. The second kappa shape index (κ2) is 8.07. The average molecular weight is 390 g/mol. The lowest BCUT2D eigenvalue weighted by atomic mass is 9.97. The van der Waals surface area contributed by atoms with Crippen LogP contribution in [0.3, 0.4) is 0 Å². The molecule has 6 nitrogen and oxygen atoms in total. The Kier molecular flexibility index (Phi) is 5.34. The maximum atomic E-state index is 6.20. The first-order valence-electron chi connectivity index (χ1n) is 10.0. The van der Waals surface area contributed by atoms with Crippen molar-refractivity contribution in [2.75, 3.05) is 6.54 Å². The highest BCUT2D eigenvalue weighted by molar-refractivity contribution is 5.70. The number of aromatic nitrogens is 4. The smallest absolute Gasteiger partial charge is 0.213 e. The fourth-order valence-corrected chi connectivity index (χ4v) is 3.85. The SMILES string of the molecule is C=C(c1cc(C)ccc1-n1nccn1)N1C[C@H](Oc2cccc(C)n2)CC[C@H]1C. The van der Waals surface area contributed by atoms with Crippen LogP contribution in [-0.2, 0) is 0 Å². The lowest BCUT2D eigenvalue weighted by Crippen LogP contribution is -2.45. The molecule has 0 N–H and O–H groups in total. The van der Waals surface area contributed by atoms with E-state index in [1.54, 1.807) is 17.2 Å². The number of piperidine rings is 1. The highest BCUT2D eigenvalue weighted by Crippen LogP contribution is 2.31. The zero-order valence-corrected chi connectivity index (χ0v) is 17.2. The number of hydrogen-bond acceptors (Lipinski definition) is 5. The second-order valence-corrected chi connectivity index (χ2v) is 7.72. The van der Waals surface area contributed by atoms with Crippen LogP contribution < -0.4 is 4.74 Å². The van der Waals surface area contributed by atoms with Gasteiger partial charge in [-0.05, 0) is 51.8 Å². The monoisotopic (exact) mass is 389 g/mol.